The van der Waals surface area contributed by atoms with Gasteiger partial charge in [0.05, 0.1) is 5.60 Å². The maximum Gasteiger partial charge on any atom is 0.115 e. The largest absolute Gasteiger partial charge is 0.508 e. The number of phenolic OH excluding ortho intramolecular Hbond substituents is 1. The fraction of sp³-hybridized carbons (Fsp3) is 0.600. The monoisotopic (exact) mass is 422 g/mol. The summed E-state index contributed by atoms with van der Waals surface area (Å²) in [6.07, 6.45) is 8.61. The summed E-state index contributed by atoms with van der Waals surface area (Å²) in [5.41, 5.74) is 2.19. The molecule has 0 bridgehead atoms. The van der Waals surface area contributed by atoms with E-state index in [2.05, 4.69) is 35.6 Å². The van der Waals surface area contributed by atoms with Gasteiger partial charge in [0.25, 0.3) is 0 Å². The lowest BCUT2D eigenvalue weighted by Crippen LogP contribution is -2.49. The number of fused-ring (bicyclic) bond motifs is 5. The number of benzene rings is 1. The van der Waals surface area contributed by atoms with Crippen LogP contribution in [-0.2, 0) is 6.42 Å². The van der Waals surface area contributed by atoms with Gasteiger partial charge in [0, 0.05) is 5.41 Å². The topological polar surface area (TPSA) is 40.5 Å². The number of rotatable bonds is 1. The van der Waals surface area contributed by atoms with Gasteiger partial charge in [0.15, 0.2) is 0 Å². The number of hydrogen-bond acceptors (Lipinski definition) is 2. The fourth-order valence-corrected chi connectivity index (χ4v) is 6.59. The van der Waals surface area contributed by atoms with E-state index < -0.39 is 5.60 Å². The highest BCUT2D eigenvalue weighted by molar-refractivity contribution is 14.1. The summed E-state index contributed by atoms with van der Waals surface area (Å²) in [6.45, 7) is 2.32. The summed E-state index contributed by atoms with van der Waals surface area (Å²) in [7, 11) is 0. The Kier molecular flexibility index (Phi) is 3.80. The molecule has 2 fully saturated rings. The minimum Gasteiger partial charge on any atom is -0.508 e. The molecule has 124 valence electrons. The van der Waals surface area contributed by atoms with Crippen molar-refractivity contribution in [2.75, 3.05) is 0 Å². The highest BCUT2D eigenvalue weighted by atomic mass is 125. The summed E-state index contributed by atoms with van der Waals surface area (Å²) in [5, 5.41) is 21.0. The summed E-state index contributed by atoms with van der Waals surface area (Å²) in [4.78, 5) is 0. The van der Waals surface area contributed by atoms with Gasteiger partial charge in [-0.15, -0.1) is 0 Å². The zero-order chi connectivity index (χ0) is 16.2. The number of aryl methyl sites for hydroxylation is 1. The lowest BCUT2D eigenvalue weighted by Gasteiger charge is -2.52. The standard InChI is InChI=1S/C20H25IO2/c1-19-8-6-16-15-5-3-14(22)12-13(15)2-4-17(16)18(19)7-9-20(19,23)10-11-21/h3,5,10-12,16-18,22-23H,2,4,6-9H2,1H3/b11-10+/t16-,17-,18+,19+,20-/m1/s1/i21-2. The Morgan fingerprint density at radius 3 is 2.83 bits per heavy atom. The number of hydrogen-bond donors (Lipinski definition) is 2. The van der Waals surface area contributed by atoms with Crippen LogP contribution in [0.1, 0.15) is 56.1 Å². The van der Waals surface area contributed by atoms with Crippen molar-refractivity contribution in [1.29, 1.82) is 0 Å². The molecule has 0 unspecified atom stereocenters. The lowest BCUT2D eigenvalue weighted by molar-refractivity contribution is -0.0708. The maximum absolute atomic E-state index is 11.2. The van der Waals surface area contributed by atoms with Gasteiger partial charge in [-0.05, 0) is 89.7 Å². The summed E-state index contributed by atoms with van der Waals surface area (Å²) >= 11 is 2.23. The van der Waals surface area contributed by atoms with Crippen LogP contribution >= 0.6 is 22.6 Å². The van der Waals surface area contributed by atoms with Crippen molar-refractivity contribution in [2.45, 2.75) is 57.0 Å². The van der Waals surface area contributed by atoms with E-state index in [9.17, 15) is 10.2 Å². The predicted molar refractivity (Wildman–Crippen MR) is 101 cm³/mol. The molecular weight excluding hydrogens is 397 g/mol. The Bertz CT molecular complexity index is 655. The van der Waals surface area contributed by atoms with Crippen molar-refractivity contribution in [2.24, 2.45) is 17.3 Å². The second-order valence-electron chi connectivity index (χ2n) is 8.01. The first-order valence-corrected chi connectivity index (χ1v) is 10.1. The van der Waals surface area contributed by atoms with Crippen molar-refractivity contribution >= 4 is 22.6 Å². The zero-order valence-corrected chi connectivity index (χ0v) is 15.8. The van der Waals surface area contributed by atoms with Gasteiger partial charge in [-0.25, -0.2) is 0 Å². The molecule has 0 aliphatic heterocycles. The first-order valence-electron chi connectivity index (χ1n) is 8.80. The predicted octanol–water partition coefficient (Wildman–Crippen LogP) is 4.93. The Labute approximate surface area is 152 Å². The Morgan fingerprint density at radius 2 is 2.04 bits per heavy atom. The zero-order valence-electron chi connectivity index (χ0n) is 13.6. The summed E-state index contributed by atoms with van der Waals surface area (Å²) in [6, 6.07) is 5.96. The molecule has 5 atom stereocenters. The highest BCUT2D eigenvalue weighted by Gasteiger charge is 2.60. The van der Waals surface area contributed by atoms with Crippen molar-refractivity contribution in [3.05, 3.63) is 39.5 Å². The second kappa shape index (κ2) is 5.48. The van der Waals surface area contributed by atoms with Crippen LogP contribution in [0.15, 0.2) is 28.4 Å². The van der Waals surface area contributed by atoms with Crippen LogP contribution < -0.4 is 0 Å². The van der Waals surface area contributed by atoms with E-state index in [1.54, 1.807) is 0 Å². The van der Waals surface area contributed by atoms with Crippen molar-refractivity contribution in [3.63, 3.8) is 0 Å². The first kappa shape index (κ1) is 15.9. The van der Waals surface area contributed by atoms with Crippen LogP contribution in [0.4, 0.5) is 0 Å². The van der Waals surface area contributed by atoms with E-state index in [0.717, 1.165) is 32.1 Å². The summed E-state index contributed by atoms with van der Waals surface area (Å²) < 4.78 is 2.00. The molecule has 2 nitrogen and oxygen atoms in total. The van der Waals surface area contributed by atoms with E-state index in [4.69, 9.17) is 0 Å². The highest BCUT2D eigenvalue weighted by Crippen LogP contribution is 2.64. The van der Waals surface area contributed by atoms with Crippen LogP contribution in [-0.4, -0.2) is 15.8 Å². The van der Waals surface area contributed by atoms with Gasteiger partial charge in [-0.2, -0.15) is 0 Å². The smallest absolute Gasteiger partial charge is 0.115 e. The SMILES string of the molecule is C[C@]12CC[C@@H]3c4ccc(O)cc4CC[C@H]3[C@@H]1CC[C@@]2(O)/C=C/[125I]. The molecule has 0 spiro atoms. The molecule has 0 amide bonds. The third-order valence-corrected chi connectivity index (χ3v) is 7.62. The number of aromatic hydroxyl groups is 1. The number of aliphatic hydroxyl groups is 1. The number of halogens is 1. The molecule has 0 aromatic heterocycles. The van der Waals surface area contributed by atoms with E-state index in [1.807, 2.05) is 22.3 Å². The normalized spacial score (nSPS) is 42.3. The molecule has 2 N–H and O–H groups in total. The van der Waals surface area contributed by atoms with Gasteiger partial charge >= 0.3 is 0 Å². The van der Waals surface area contributed by atoms with Crippen LogP contribution in [0, 0.1) is 17.3 Å². The molecule has 3 heteroatoms. The molecule has 1 aromatic rings. The molecule has 0 radical (unpaired) electrons. The van der Waals surface area contributed by atoms with E-state index in [0.29, 0.717) is 23.5 Å². The molecular formula is C20H25IO2. The second-order valence-corrected chi connectivity index (χ2v) is 8.73. The van der Waals surface area contributed by atoms with Crippen molar-refractivity contribution in [3.8, 4) is 5.75 Å². The molecule has 4 rings (SSSR count). The van der Waals surface area contributed by atoms with E-state index in [1.165, 1.54) is 17.5 Å². The van der Waals surface area contributed by atoms with E-state index in [-0.39, 0.29) is 5.41 Å². The van der Waals surface area contributed by atoms with Crippen LogP contribution in [0.25, 0.3) is 0 Å². The first-order chi connectivity index (χ1) is 11.0. The molecule has 2 saturated carbocycles. The third-order valence-electron chi connectivity index (χ3n) is 7.26. The average molecular weight is 422 g/mol. The molecule has 0 saturated heterocycles. The molecule has 1 aromatic carbocycles. The third kappa shape index (κ3) is 2.22. The van der Waals surface area contributed by atoms with E-state index >= 15 is 0 Å². The minimum atomic E-state index is -0.626. The summed E-state index contributed by atoms with van der Waals surface area (Å²) in [5.74, 6) is 2.30. The van der Waals surface area contributed by atoms with Crippen LogP contribution in [0.3, 0.4) is 0 Å². The van der Waals surface area contributed by atoms with Gasteiger partial charge in [0.2, 0.25) is 0 Å². The van der Waals surface area contributed by atoms with Crippen LogP contribution in [0.2, 0.25) is 0 Å². The molecule has 3 aliphatic carbocycles. The Morgan fingerprint density at radius 1 is 1.22 bits per heavy atom. The fourth-order valence-electron chi connectivity index (χ4n) is 6.00. The van der Waals surface area contributed by atoms with Gasteiger partial charge < -0.3 is 10.2 Å². The van der Waals surface area contributed by atoms with Gasteiger partial charge in [-0.1, -0.05) is 35.6 Å². The van der Waals surface area contributed by atoms with Crippen LogP contribution in [0.5, 0.6) is 5.75 Å². The van der Waals surface area contributed by atoms with Gasteiger partial charge in [-0.3, -0.25) is 0 Å². The average Bonchev–Trinajstić information content (AvgIpc) is 2.79. The van der Waals surface area contributed by atoms with Crippen molar-refractivity contribution < 1.29 is 10.2 Å². The van der Waals surface area contributed by atoms with Gasteiger partial charge in [0.1, 0.15) is 5.75 Å². The molecule has 23 heavy (non-hydrogen) atoms. The number of phenols is 1. The minimum absolute atomic E-state index is 0.0181. The Balaban J connectivity index is 1.70. The quantitative estimate of drug-likeness (QED) is 0.631. The Hall–Kier alpha value is -0.550. The molecule has 3 aliphatic rings. The lowest BCUT2D eigenvalue weighted by atomic mass is 9.53. The molecule has 0 heterocycles. The van der Waals surface area contributed by atoms with Crippen molar-refractivity contribution in [1.82, 2.24) is 0 Å². The maximum atomic E-state index is 11.2.